The lowest BCUT2D eigenvalue weighted by atomic mass is 10.0. The molecule has 0 fully saturated rings. The van der Waals surface area contributed by atoms with Crippen LogP contribution in [0.1, 0.15) is 27.5 Å². The summed E-state index contributed by atoms with van der Waals surface area (Å²) < 4.78 is 13.2. The van der Waals surface area contributed by atoms with E-state index in [1.807, 2.05) is 30.3 Å². The minimum atomic E-state index is -0.830. The molecule has 2 aromatic carbocycles. The lowest BCUT2D eigenvalue weighted by molar-refractivity contribution is -0.120. The molecule has 1 aliphatic rings. The third-order valence-electron chi connectivity index (χ3n) is 4.23. The molecule has 0 bridgehead atoms. The standard InChI is InChI=1S/C19H14FN3O2S/c20-15-10-21-19(26-15)22-17(24)16(12-6-2-1-3-7-12)23-11-13-8-4-5-9-14(13)18(23)25/h1-10,16H,11H2,(H,21,22,24). The van der Waals surface area contributed by atoms with Crippen LogP contribution in [0.25, 0.3) is 0 Å². The number of carbonyl (C=O) groups is 2. The van der Waals surface area contributed by atoms with Gasteiger partial charge in [-0.05, 0) is 17.2 Å². The number of nitrogens with one attached hydrogen (secondary N) is 1. The first-order valence-electron chi connectivity index (χ1n) is 7.99. The van der Waals surface area contributed by atoms with Gasteiger partial charge in [0.25, 0.3) is 11.8 Å². The predicted molar refractivity (Wildman–Crippen MR) is 96.2 cm³/mol. The summed E-state index contributed by atoms with van der Waals surface area (Å²) in [6.07, 6.45) is 1.05. The molecule has 0 radical (unpaired) electrons. The van der Waals surface area contributed by atoms with Crippen molar-refractivity contribution >= 4 is 28.3 Å². The summed E-state index contributed by atoms with van der Waals surface area (Å²) >= 11 is 0.746. The Kier molecular flexibility index (Phi) is 4.22. The minimum Gasteiger partial charge on any atom is -0.318 e. The van der Waals surface area contributed by atoms with Gasteiger partial charge in [0.15, 0.2) is 10.3 Å². The molecule has 26 heavy (non-hydrogen) atoms. The SMILES string of the molecule is O=C(Nc1ncc(F)s1)C(c1ccccc1)N1Cc2ccccc2C1=O. The molecular weight excluding hydrogens is 353 g/mol. The smallest absolute Gasteiger partial charge is 0.255 e. The summed E-state index contributed by atoms with van der Waals surface area (Å²) in [7, 11) is 0. The van der Waals surface area contributed by atoms with Crippen molar-refractivity contribution in [3.63, 3.8) is 0 Å². The predicted octanol–water partition coefficient (Wildman–Crippen LogP) is 3.62. The van der Waals surface area contributed by atoms with Crippen molar-refractivity contribution in [2.75, 3.05) is 5.32 Å². The fraction of sp³-hybridized carbons (Fsp3) is 0.105. The van der Waals surface area contributed by atoms with Crippen LogP contribution in [-0.2, 0) is 11.3 Å². The monoisotopic (exact) mass is 367 g/mol. The van der Waals surface area contributed by atoms with Crippen molar-refractivity contribution < 1.29 is 14.0 Å². The van der Waals surface area contributed by atoms with E-state index in [2.05, 4.69) is 10.3 Å². The number of amides is 2. The lowest BCUT2D eigenvalue weighted by Crippen LogP contribution is -2.37. The Bertz CT molecular complexity index is 974. The van der Waals surface area contributed by atoms with Crippen molar-refractivity contribution in [1.82, 2.24) is 9.88 Å². The molecule has 3 aromatic rings. The second kappa shape index (κ2) is 6.68. The van der Waals surface area contributed by atoms with E-state index in [1.165, 1.54) is 4.90 Å². The summed E-state index contributed by atoms with van der Waals surface area (Å²) in [5.74, 6) is -0.623. The average Bonchev–Trinajstić information content (AvgIpc) is 3.20. The van der Waals surface area contributed by atoms with Gasteiger partial charge in [-0.25, -0.2) is 4.98 Å². The highest BCUT2D eigenvalue weighted by atomic mass is 32.1. The van der Waals surface area contributed by atoms with Crippen LogP contribution in [-0.4, -0.2) is 21.7 Å². The summed E-state index contributed by atoms with van der Waals surface area (Å²) in [6, 6.07) is 15.5. The Balaban J connectivity index is 1.68. The van der Waals surface area contributed by atoms with Crippen LogP contribution in [0.15, 0.2) is 60.8 Å². The molecule has 0 saturated carbocycles. The van der Waals surface area contributed by atoms with Crippen LogP contribution in [0.2, 0.25) is 0 Å². The minimum absolute atomic E-state index is 0.164. The summed E-state index contributed by atoms with van der Waals surface area (Å²) in [5, 5.41) is 2.30. The van der Waals surface area contributed by atoms with Gasteiger partial charge in [-0.1, -0.05) is 59.9 Å². The maximum atomic E-state index is 13.2. The van der Waals surface area contributed by atoms with Crippen molar-refractivity contribution in [3.8, 4) is 0 Å². The van der Waals surface area contributed by atoms with E-state index >= 15 is 0 Å². The number of anilines is 1. The Morgan fingerprint density at radius 3 is 2.58 bits per heavy atom. The maximum absolute atomic E-state index is 13.2. The molecule has 0 spiro atoms. The van der Waals surface area contributed by atoms with Crippen LogP contribution in [0.3, 0.4) is 0 Å². The number of thiazole rings is 1. The van der Waals surface area contributed by atoms with Crippen molar-refractivity contribution in [3.05, 3.63) is 82.6 Å². The zero-order chi connectivity index (χ0) is 18.1. The second-order valence-electron chi connectivity index (χ2n) is 5.86. The number of aromatic nitrogens is 1. The molecule has 1 aromatic heterocycles. The Morgan fingerprint density at radius 1 is 1.15 bits per heavy atom. The van der Waals surface area contributed by atoms with Gasteiger partial charge in [0, 0.05) is 12.1 Å². The van der Waals surface area contributed by atoms with Crippen molar-refractivity contribution in [2.45, 2.75) is 12.6 Å². The first kappa shape index (κ1) is 16.4. The van der Waals surface area contributed by atoms with Gasteiger partial charge in [0.1, 0.15) is 6.04 Å². The van der Waals surface area contributed by atoms with E-state index < -0.39 is 17.1 Å². The molecule has 7 heteroatoms. The molecule has 2 heterocycles. The van der Waals surface area contributed by atoms with Gasteiger partial charge in [0.05, 0.1) is 6.20 Å². The molecule has 0 saturated heterocycles. The highest BCUT2D eigenvalue weighted by Crippen LogP contribution is 2.32. The third kappa shape index (κ3) is 2.97. The van der Waals surface area contributed by atoms with E-state index in [1.54, 1.807) is 24.3 Å². The molecule has 5 nitrogen and oxygen atoms in total. The zero-order valence-corrected chi connectivity index (χ0v) is 14.4. The number of nitrogens with zero attached hydrogens (tertiary/aromatic N) is 2. The quantitative estimate of drug-likeness (QED) is 0.766. The Morgan fingerprint density at radius 2 is 1.88 bits per heavy atom. The summed E-state index contributed by atoms with van der Waals surface area (Å²) in [6.45, 7) is 0.341. The van der Waals surface area contributed by atoms with Crippen LogP contribution in [0, 0.1) is 5.13 Å². The maximum Gasteiger partial charge on any atom is 0.255 e. The summed E-state index contributed by atoms with van der Waals surface area (Å²) in [5.41, 5.74) is 2.16. The van der Waals surface area contributed by atoms with Gasteiger partial charge in [-0.15, -0.1) is 0 Å². The third-order valence-corrected chi connectivity index (χ3v) is 4.93. The first-order chi connectivity index (χ1) is 12.6. The van der Waals surface area contributed by atoms with E-state index in [9.17, 15) is 14.0 Å². The van der Waals surface area contributed by atoms with E-state index in [0.717, 1.165) is 23.1 Å². The van der Waals surface area contributed by atoms with Gasteiger partial charge in [-0.3, -0.25) is 14.9 Å². The molecule has 0 aliphatic carbocycles. The Hall–Kier alpha value is -3.06. The number of carbonyl (C=O) groups excluding carboxylic acids is 2. The van der Waals surface area contributed by atoms with Gasteiger partial charge < -0.3 is 4.90 Å². The van der Waals surface area contributed by atoms with Crippen LogP contribution in [0.4, 0.5) is 9.52 Å². The fourth-order valence-corrected chi connectivity index (χ4v) is 3.63. The number of halogens is 1. The summed E-state index contributed by atoms with van der Waals surface area (Å²) in [4.78, 5) is 31.1. The topological polar surface area (TPSA) is 62.3 Å². The normalized spacial score (nSPS) is 14.2. The van der Waals surface area contributed by atoms with Crippen molar-refractivity contribution in [2.24, 2.45) is 0 Å². The van der Waals surface area contributed by atoms with Crippen molar-refractivity contribution in [1.29, 1.82) is 0 Å². The molecule has 1 unspecified atom stereocenters. The van der Waals surface area contributed by atoms with Gasteiger partial charge >= 0.3 is 0 Å². The number of fused-ring (bicyclic) bond motifs is 1. The molecule has 1 aliphatic heterocycles. The molecule has 130 valence electrons. The number of hydrogen-bond acceptors (Lipinski definition) is 4. The molecular formula is C19H14FN3O2S. The largest absolute Gasteiger partial charge is 0.318 e. The number of benzene rings is 2. The van der Waals surface area contributed by atoms with Crippen LogP contribution in [0.5, 0.6) is 0 Å². The van der Waals surface area contributed by atoms with Crippen LogP contribution >= 0.6 is 11.3 Å². The van der Waals surface area contributed by atoms with E-state index in [0.29, 0.717) is 17.7 Å². The molecule has 1 N–H and O–H groups in total. The molecule has 1 atom stereocenters. The fourth-order valence-electron chi connectivity index (χ4n) is 3.08. The second-order valence-corrected chi connectivity index (χ2v) is 6.84. The highest BCUT2D eigenvalue weighted by Gasteiger charge is 2.37. The lowest BCUT2D eigenvalue weighted by Gasteiger charge is -2.27. The van der Waals surface area contributed by atoms with Gasteiger partial charge in [0.2, 0.25) is 0 Å². The number of hydrogen-bond donors (Lipinski definition) is 1. The van der Waals surface area contributed by atoms with Crippen LogP contribution < -0.4 is 5.32 Å². The molecule has 2 amide bonds. The zero-order valence-electron chi connectivity index (χ0n) is 13.6. The first-order valence-corrected chi connectivity index (χ1v) is 8.81. The van der Waals surface area contributed by atoms with E-state index in [-0.39, 0.29) is 11.0 Å². The number of rotatable bonds is 4. The highest BCUT2D eigenvalue weighted by molar-refractivity contribution is 7.14. The van der Waals surface area contributed by atoms with Gasteiger partial charge in [-0.2, -0.15) is 4.39 Å². The van der Waals surface area contributed by atoms with E-state index in [4.69, 9.17) is 0 Å². The molecule has 4 rings (SSSR count). The average molecular weight is 367 g/mol. The Labute approximate surface area is 153 Å².